The summed E-state index contributed by atoms with van der Waals surface area (Å²) in [5.41, 5.74) is 2.85. The van der Waals surface area contributed by atoms with E-state index in [0.29, 0.717) is 17.8 Å². The van der Waals surface area contributed by atoms with E-state index in [1.54, 1.807) is 24.1 Å². The molecule has 146 valence electrons. The Kier molecular flexibility index (Phi) is 4.90. The number of ether oxygens (including phenoxy) is 1. The first-order chi connectivity index (χ1) is 13.6. The van der Waals surface area contributed by atoms with Gasteiger partial charge < -0.3 is 14.5 Å². The van der Waals surface area contributed by atoms with E-state index in [-0.39, 0.29) is 16.5 Å². The molecule has 2 aromatic rings. The van der Waals surface area contributed by atoms with E-state index in [1.165, 1.54) is 6.07 Å². The van der Waals surface area contributed by atoms with Crippen LogP contribution < -0.4 is 14.5 Å². The number of fused-ring (bicyclic) bond motifs is 1. The molecule has 2 aliphatic rings. The van der Waals surface area contributed by atoms with Gasteiger partial charge in [-0.2, -0.15) is 0 Å². The van der Waals surface area contributed by atoms with Gasteiger partial charge in [-0.05, 0) is 61.6 Å². The molecule has 2 heterocycles. The molecular weight excluding hydrogens is 358 g/mol. The monoisotopic (exact) mass is 381 g/mol. The minimum Gasteiger partial charge on any atom is -0.497 e. The van der Waals surface area contributed by atoms with Crippen molar-refractivity contribution in [3.05, 3.63) is 57.6 Å². The Morgan fingerprint density at radius 3 is 2.50 bits per heavy atom. The highest BCUT2D eigenvalue weighted by molar-refractivity contribution is 6.07. The first kappa shape index (κ1) is 18.3. The van der Waals surface area contributed by atoms with Crippen LogP contribution in [0.4, 0.5) is 17.1 Å². The maximum atomic E-state index is 13.2. The molecule has 0 saturated carbocycles. The lowest BCUT2D eigenvalue weighted by Gasteiger charge is -2.30. The predicted octanol–water partition coefficient (Wildman–Crippen LogP) is 3.80. The quantitative estimate of drug-likeness (QED) is 0.595. The van der Waals surface area contributed by atoms with Gasteiger partial charge in [0, 0.05) is 37.0 Å². The van der Waals surface area contributed by atoms with Gasteiger partial charge in [0.25, 0.3) is 11.6 Å². The maximum Gasteiger partial charge on any atom is 0.293 e. The molecule has 4 rings (SSSR count). The van der Waals surface area contributed by atoms with Crippen molar-refractivity contribution in [2.45, 2.75) is 25.7 Å². The maximum absolute atomic E-state index is 13.2. The number of carbonyl (C=O) groups excluding carboxylic acids is 1. The number of benzene rings is 2. The molecule has 2 aromatic carbocycles. The Morgan fingerprint density at radius 2 is 1.79 bits per heavy atom. The predicted molar refractivity (Wildman–Crippen MR) is 108 cm³/mol. The SMILES string of the molecule is COc1ccc2c(c1)CCCN2C(=O)c1ccc(N2CCCC2)c([N+](=O)[O-])c1. The van der Waals surface area contributed by atoms with Crippen molar-refractivity contribution in [3.63, 3.8) is 0 Å². The van der Waals surface area contributed by atoms with E-state index in [4.69, 9.17) is 4.74 Å². The van der Waals surface area contributed by atoms with E-state index < -0.39 is 0 Å². The Balaban J connectivity index is 1.67. The van der Waals surface area contributed by atoms with Gasteiger partial charge in [-0.25, -0.2) is 0 Å². The number of aryl methyl sites for hydroxylation is 1. The molecule has 0 bridgehead atoms. The molecule has 7 heteroatoms. The molecule has 0 spiro atoms. The number of anilines is 2. The third kappa shape index (κ3) is 3.28. The lowest BCUT2D eigenvalue weighted by atomic mass is 10.00. The second-order valence-electron chi connectivity index (χ2n) is 7.21. The third-order valence-corrected chi connectivity index (χ3v) is 5.52. The summed E-state index contributed by atoms with van der Waals surface area (Å²) in [5, 5.41) is 11.6. The fourth-order valence-electron chi connectivity index (χ4n) is 4.10. The molecule has 0 atom stereocenters. The topological polar surface area (TPSA) is 75.9 Å². The zero-order valence-electron chi connectivity index (χ0n) is 15.9. The number of hydrogen-bond acceptors (Lipinski definition) is 5. The van der Waals surface area contributed by atoms with Crippen molar-refractivity contribution >= 4 is 23.0 Å². The highest BCUT2D eigenvalue weighted by Crippen LogP contribution is 2.34. The first-order valence-corrected chi connectivity index (χ1v) is 9.60. The summed E-state index contributed by atoms with van der Waals surface area (Å²) < 4.78 is 5.28. The molecule has 1 amide bonds. The highest BCUT2D eigenvalue weighted by Gasteiger charge is 2.28. The minimum atomic E-state index is -0.389. The van der Waals surface area contributed by atoms with Gasteiger partial charge in [0.2, 0.25) is 0 Å². The summed E-state index contributed by atoms with van der Waals surface area (Å²) in [6.07, 6.45) is 3.79. The zero-order chi connectivity index (χ0) is 19.7. The van der Waals surface area contributed by atoms with Gasteiger partial charge in [0.05, 0.1) is 12.0 Å². The van der Waals surface area contributed by atoms with Crippen LogP contribution in [0, 0.1) is 10.1 Å². The van der Waals surface area contributed by atoms with Gasteiger partial charge >= 0.3 is 0 Å². The van der Waals surface area contributed by atoms with Crippen LogP contribution in [0.1, 0.15) is 35.2 Å². The van der Waals surface area contributed by atoms with Crippen molar-refractivity contribution in [2.75, 3.05) is 36.5 Å². The summed E-state index contributed by atoms with van der Waals surface area (Å²) in [5.74, 6) is 0.556. The standard InChI is InChI=1S/C21H23N3O4/c1-28-17-7-9-18-15(13-17)5-4-12-23(18)21(25)16-6-8-19(20(14-16)24(26)27)22-10-2-3-11-22/h6-9,13-14H,2-5,10-12H2,1H3. The lowest BCUT2D eigenvalue weighted by molar-refractivity contribution is -0.384. The lowest BCUT2D eigenvalue weighted by Crippen LogP contribution is -2.35. The molecule has 0 N–H and O–H groups in total. The second kappa shape index (κ2) is 7.50. The number of methoxy groups -OCH3 is 1. The highest BCUT2D eigenvalue weighted by atomic mass is 16.6. The van der Waals surface area contributed by atoms with Crippen LogP contribution >= 0.6 is 0 Å². The molecule has 0 aromatic heterocycles. The van der Waals surface area contributed by atoms with Crippen LogP contribution in [-0.2, 0) is 6.42 Å². The number of carbonyl (C=O) groups is 1. The van der Waals surface area contributed by atoms with Gasteiger partial charge in [0.15, 0.2) is 0 Å². The summed E-state index contributed by atoms with van der Waals surface area (Å²) in [6.45, 7) is 2.23. The summed E-state index contributed by atoms with van der Waals surface area (Å²) in [7, 11) is 1.62. The Bertz CT molecular complexity index is 922. The van der Waals surface area contributed by atoms with Crippen LogP contribution in [0.25, 0.3) is 0 Å². The van der Waals surface area contributed by atoms with E-state index in [2.05, 4.69) is 0 Å². The van der Waals surface area contributed by atoms with E-state index in [9.17, 15) is 14.9 Å². The van der Waals surface area contributed by atoms with Crippen LogP contribution in [0.2, 0.25) is 0 Å². The molecule has 2 aliphatic heterocycles. The average molecular weight is 381 g/mol. The van der Waals surface area contributed by atoms with Crippen molar-refractivity contribution in [1.29, 1.82) is 0 Å². The van der Waals surface area contributed by atoms with Crippen molar-refractivity contribution < 1.29 is 14.5 Å². The average Bonchev–Trinajstić information content (AvgIpc) is 3.26. The summed E-state index contributed by atoms with van der Waals surface area (Å²) in [4.78, 5) is 28.2. The van der Waals surface area contributed by atoms with E-state index >= 15 is 0 Å². The number of amides is 1. The van der Waals surface area contributed by atoms with Crippen LogP contribution in [0.3, 0.4) is 0 Å². The Morgan fingerprint density at radius 1 is 1.04 bits per heavy atom. The van der Waals surface area contributed by atoms with Crippen molar-refractivity contribution in [1.82, 2.24) is 0 Å². The Labute approximate surface area is 163 Å². The van der Waals surface area contributed by atoms with Crippen LogP contribution in [0.15, 0.2) is 36.4 Å². The van der Waals surface area contributed by atoms with Crippen molar-refractivity contribution in [3.8, 4) is 5.75 Å². The summed E-state index contributed by atoms with van der Waals surface area (Å²) in [6, 6.07) is 10.5. The van der Waals surface area contributed by atoms with E-state index in [0.717, 1.165) is 55.8 Å². The van der Waals surface area contributed by atoms with Gasteiger partial charge in [-0.15, -0.1) is 0 Å². The molecule has 0 aliphatic carbocycles. The molecule has 1 fully saturated rings. The zero-order valence-corrected chi connectivity index (χ0v) is 15.9. The van der Waals surface area contributed by atoms with Gasteiger partial charge in [-0.1, -0.05) is 0 Å². The van der Waals surface area contributed by atoms with Crippen LogP contribution in [-0.4, -0.2) is 37.6 Å². The third-order valence-electron chi connectivity index (χ3n) is 5.52. The number of nitro benzene ring substituents is 1. The fourth-order valence-corrected chi connectivity index (χ4v) is 4.10. The number of rotatable bonds is 4. The smallest absolute Gasteiger partial charge is 0.293 e. The molecular formula is C21H23N3O4. The number of hydrogen-bond donors (Lipinski definition) is 0. The number of nitro groups is 1. The fraction of sp³-hybridized carbons (Fsp3) is 0.381. The van der Waals surface area contributed by atoms with Crippen molar-refractivity contribution in [2.24, 2.45) is 0 Å². The second-order valence-corrected chi connectivity index (χ2v) is 7.21. The van der Waals surface area contributed by atoms with Crippen LogP contribution in [0.5, 0.6) is 5.75 Å². The van der Waals surface area contributed by atoms with E-state index in [1.807, 2.05) is 23.1 Å². The van der Waals surface area contributed by atoms with Gasteiger partial charge in [0.1, 0.15) is 11.4 Å². The first-order valence-electron chi connectivity index (χ1n) is 9.60. The molecule has 28 heavy (non-hydrogen) atoms. The summed E-state index contributed by atoms with van der Waals surface area (Å²) >= 11 is 0. The van der Waals surface area contributed by atoms with Gasteiger partial charge in [-0.3, -0.25) is 14.9 Å². The number of nitrogens with zero attached hydrogens (tertiary/aromatic N) is 3. The molecule has 7 nitrogen and oxygen atoms in total. The molecule has 0 radical (unpaired) electrons. The Hall–Kier alpha value is -3.09. The minimum absolute atomic E-state index is 0.000265. The normalized spacial score (nSPS) is 16.0. The largest absolute Gasteiger partial charge is 0.497 e. The molecule has 0 unspecified atom stereocenters. The molecule has 1 saturated heterocycles.